The fourth-order valence-corrected chi connectivity index (χ4v) is 3.75. The van der Waals surface area contributed by atoms with Crippen LogP contribution in [-0.4, -0.2) is 60.4 Å². The summed E-state index contributed by atoms with van der Waals surface area (Å²) in [6, 6.07) is 10.9. The van der Waals surface area contributed by atoms with E-state index in [0.29, 0.717) is 6.04 Å². The lowest BCUT2D eigenvalue weighted by Crippen LogP contribution is -2.51. The predicted octanol–water partition coefficient (Wildman–Crippen LogP) is 3.46. The third kappa shape index (κ3) is 4.73. The number of hydrogen-bond donors (Lipinski definition) is 0. The van der Waals surface area contributed by atoms with Crippen molar-refractivity contribution in [3.63, 3.8) is 0 Å². The molecule has 1 aromatic carbocycles. The number of ether oxygens (including phenoxy) is 2. The van der Waals surface area contributed by atoms with Crippen LogP contribution in [0.4, 0.5) is 4.79 Å². The van der Waals surface area contributed by atoms with Crippen LogP contribution in [0.2, 0.25) is 0 Å². The summed E-state index contributed by atoms with van der Waals surface area (Å²) in [6.45, 7) is 10.1. The Balaban J connectivity index is 1.77. The van der Waals surface area contributed by atoms with E-state index in [-0.39, 0.29) is 12.1 Å². The monoisotopic (exact) mass is 346 g/mol. The maximum absolute atomic E-state index is 12.8. The van der Waals surface area contributed by atoms with E-state index in [1.165, 1.54) is 5.56 Å². The van der Waals surface area contributed by atoms with E-state index in [2.05, 4.69) is 17.0 Å². The van der Waals surface area contributed by atoms with Crippen molar-refractivity contribution in [2.75, 3.05) is 32.8 Å². The summed E-state index contributed by atoms with van der Waals surface area (Å²) in [5.74, 6) is 0. The highest BCUT2D eigenvalue weighted by Crippen LogP contribution is 2.34. The van der Waals surface area contributed by atoms with Crippen LogP contribution in [0.3, 0.4) is 0 Å². The van der Waals surface area contributed by atoms with Gasteiger partial charge in [-0.15, -0.1) is 0 Å². The molecule has 5 nitrogen and oxygen atoms in total. The van der Waals surface area contributed by atoms with Crippen LogP contribution in [0.5, 0.6) is 0 Å². The maximum Gasteiger partial charge on any atom is 0.410 e. The summed E-state index contributed by atoms with van der Waals surface area (Å²) in [5.41, 5.74) is 0.714. The van der Waals surface area contributed by atoms with Crippen molar-refractivity contribution in [2.24, 2.45) is 0 Å². The number of carbonyl (C=O) groups is 1. The molecule has 0 saturated carbocycles. The van der Waals surface area contributed by atoms with E-state index in [1.54, 1.807) is 0 Å². The number of amides is 1. The summed E-state index contributed by atoms with van der Waals surface area (Å²) >= 11 is 0. The van der Waals surface area contributed by atoms with Crippen LogP contribution < -0.4 is 0 Å². The van der Waals surface area contributed by atoms with Gasteiger partial charge in [-0.25, -0.2) is 4.79 Å². The molecule has 0 bridgehead atoms. The zero-order chi connectivity index (χ0) is 17.9. The number of likely N-dealkylation sites (tertiary alicyclic amines) is 1. The fraction of sp³-hybridized carbons (Fsp3) is 0.650. The summed E-state index contributed by atoms with van der Waals surface area (Å²) in [5, 5.41) is 0. The molecule has 2 fully saturated rings. The van der Waals surface area contributed by atoms with Crippen molar-refractivity contribution < 1.29 is 14.3 Å². The van der Waals surface area contributed by atoms with Gasteiger partial charge in [-0.2, -0.15) is 0 Å². The van der Waals surface area contributed by atoms with Crippen LogP contribution in [0.25, 0.3) is 0 Å². The number of morpholine rings is 1. The molecule has 3 rings (SSSR count). The summed E-state index contributed by atoms with van der Waals surface area (Å²) in [4.78, 5) is 17.2. The van der Waals surface area contributed by atoms with Crippen molar-refractivity contribution in [1.82, 2.24) is 9.80 Å². The van der Waals surface area contributed by atoms with Crippen LogP contribution in [-0.2, 0) is 9.47 Å². The zero-order valence-corrected chi connectivity index (χ0v) is 15.6. The molecule has 0 aliphatic carbocycles. The summed E-state index contributed by atoms with van der Waals surface area (Å²) in [6.07, 6.45) is 1.73. The highest BCUT2D eigenvalue weighted by Gasteiger charge is 2.37. The standard InChI is InChI=1S/C20H30N2O3/c1-20(2,3)25-19(23)22-10-9-17(21-11-13-24-14-12-21)15-18(22)16-7-5-4-6-8-16/h4-8,17-18H,9-15H2,1-3H3/t17?,18-/m0/s1. The minimum Gasteiger partial charge on any atom is -0.444 e. The number of benzene rings is 1. The van der Waals surface area contributed by atoms with Gasteiger partial charge in [-0.05, 0) is 39.2 Å². The second-order valence-electron chi connectivity index (χ2n) is 7.93. The van der Waals surface area contributed by atoms with E-state index >= 15 is 0 Å². The average Bonchev–Trinajstić information content (AvgIpc) is 2.61. The Bertz CT molecular complexity index is 564. The van der Waals surface area contributed by atoms with Gasteiger partial charge in [0.15, 0.2) is 0 Å². The van der Waals surface area contributed by atoms with Gasteiger partial charge >= 0.3 is 6.09 Å². The Hall–Kier alpha value is -1.59. The van der Waals surface area contributed by atoms with Crippen LogP contribution in [0.15, 0.2) is 30.3 Å². The maximum atomic E-state index is 12.8. The topological polar surface area (TPSA) is 42.0 Å². The SMILES string of the molecule is CC(C)(C)OC(=O)N1CCC(N2CCOCC2)C[C@H]1c1ccccc1. The third-order valence-electron chi connectivity index (χ3n) is 4.95. The lowest BCUT2D eigenvalue weighted by atomic mass is 9.91. The second kappa shape index (κ2) is 7.75. The Morgan fingerprint density at radius 3 is 2.44 bits per heavy atom. The Morgan fingerprint density at radius 2 is 1.80 bits per heavy atom. The van der Waals surface area contributed by atoms with Crippen LogP contribution in [0.1, 0.15) is 45.2 Å². The number of piperidine rings is 1. The highest BCUT2D eigenvalue weighted by atomic mass is 16.6. The van der Waals surface area contributed by atoms with E-state index in [4.69, 9.17) is 9.47 Å². The smallest absolute Gasteiger partial charge is 0.410 e. The molecule has 25 heavy (non-hydrogen) atoms. The molecule has 2 aliphatic heterocycles. The zero-order valence-electron chi connectivity index (χ0n) is 15.6. The molecule has 2 heterocycles. The largest absolute Gasteiger partial charge is 0.444 e. The van der Waals surface area contributed by atoms with Gasteiger partial charge in [0.25, 0.3) is 0 Å². The minimum absolute atomic E-state index is 0.0673. The normalized spacial score (nSPS) is 25.6. The van der Waals surface area contributed by atoms with Gasteiger partial charge in [0.1, 0.15) is 5.60 Å². The van der Waals surface area contributed by atoms with Gasteiger partial charge < -0.3 is 14.4 Å². The lowest BCUT2D eigenvalue weighted by Gasteiger charge is -2.44. The van der Waals surface area contributed by atoms with Gasteiger partial charge in [-0.3, -0.25) is 4.90 Å². The predicted molar refractivity (Wildman–Crippen MR) is 97.5 cm³/mol. The molecule has 2 aliphatic rings. The molecular formula is C20H30N2O3. The molecule has 0 aromatic heterocycles. The fourth-order valence-electron chi connectivity index (χ4n) is 3.75. The van der Waals surface area contributed by atoms with Gasteiger partial charge in [0, 0.05) is 25.7 Å². The molecule has 1 amide bonds. The first-order valence-corrected chi connectivity index (χ1v) is 9.30. The van der Waals surface area contributed by atoms with E-state index in [9.17, 15) is 4.79 Å². The average molecular weight is 346 g/mol. The number of hydrogen-bond acceptors (Lipinski definition) is 4. The molecule has 1 aromatic rings. The second-order valence-corrected chi connectivity index (χ2v) is 7.93. The Morgan fingerprint density at radius 1 is 1.12 bits per heavy atom. The first kappa shape index (κ1) is 18.2. The van der Waals surface area contributed by atoms with Crippen molar-refractivity contribution >= 4 is 6.09 Å². The molecule has 2 saturated heterocycles. The lowest BCUT2D eigenvalue weighted by molar-refractivity contribution is -0.0232. The van der Waals surface area contributed by atoms with Crippen molar-refractivity contribution in [1.29, 1.82) is 0 Å². The van der Waals surface area contributed by atoms with Crippen LogP contribution >= 0.6 is 0 Å². The number of nitrogens with zero attached hydrogens (tertiary/aromatic N) is 2. The molecule has 1 unspecified atom stereocenters. The molecule has 5 heteroatoms. The summed E-state index contributed by atoms with van der Waals surface area (Å²) < 4.78 is 11.2. The van der Waals surface area contributed by atoms with Gasteiger partial charge in [-0.1, -0.05) is 30.3 Å². The van der Waals surface area contributed by atoms with Gasteiger partial charge in [0.05, 0.1) is 19.3 Å². The highest BCUT2D eigenvalue weighted by molar-refractivity contribution is 5.69. The molecular weight excluding hydrogens is 316 g/mol. The van der Waals surface area contributed by atoms with Crippen molar-refractivity contribution in [2.45, 2.75) is 51.3 Å². The van der Waals surface area contributed by atoms with E-state index < -0.39 is 5.60 Å². The summed E-state index contributed by atoms with van der Waals surface area (Å²) in [7, 11) is 0. The first-order chi connectivity index (χ1) is 11.9. The van der Waals surface area contributed by atoms with Crippen molar-refractivity contribution in [3.05, 3.63) is 35.9 Å². The molecule has 2 atom stereocenters. The van der Waals surface area contributed by atoms with Crippen molar-refractivity contribution in [3.8, 4) is 0 Å². The molecule has 0 radical (unpaired) electrons. The molecule has 0 spiro atoms. The van der Waals surface area contributed by atoms with E-state index in [0.717, 1.165) is 45.7 Å². The Kier molecular flexibility index (Phi) is 5.64. The van der Waals surface area contributed by atoms with Gasteiger partial charge in [0.2, 0.25) is 0 Å². The number of carbonyl (C=O) groups excluding carboxylic acids is 1. The molecule has 138 valence electrons. The van der Waals surface area contributed by atoms with Crippen LogP contribution in [0, 0.1) is 0 Å². The Labute approximate surface area is 150 Å². The van der Waals surface area contributed by atoms with E-state index in [1.807, 2.05) is 43.9 Å². The molecule has 0 N–H and O–H groups in total. The third-order valence-corrected chi connectivity index (χ3v) is 4.95. The number of rotatable bonds is 2. The first-order valence-electron chi connectivity index (χ1n) is 9.30. The minimum atomic E-state index is -0.473. The quantitative estimate of drug-likeness (QED) is 0.822.